The number of fused-ring (bicyclic) bond motifs is 3. The number of aryl methyl sites for hydroxylation is 2. The fourth-order valence-corrected chi connectivity index (χ4v) is 4.62. The maximum Gasteiger partial charge on any atom is 0.0633 e. The zero-order chi connectivity index (χ0) is 16.6. The highest BCUT2D eigenvalue weighted by Gasteiger charge is 2.39. The molecule has 1 fully saturated rings. The molecule has 0 spiro atoms. The summed E-state index contributed by atoms with van der Waals surface area (Å²) < 4.78 is 6.19. The van der Waals surface area contributed by atoms with Gasteiger partial charge in [-0.05, 0) is 74.1 Å². The lowest BCUT2D eigenvalue weighted by Gasteiger charge is -2.47. The first-order chi connectivity index (χ1) is 11.0. The molecule has 2 heteroatoms. The second kappa shape index (κ2) is 6.94. The Hall–Kier alpha value is -0.860. The van der Waals surface area contributed by atoms with Crippen LogP contribution in [0.15, 0.2) is 12.1 Å². The quantitative estimate of drug-likeness (QED) is 0.800. The fourth-order valence-electron chi connectivity index (χ4n) is 4.62. The molecule has 3 atom stereocenters. The summed E-state index contributed by atoms with van der Waals surface area (Å²) in [6, 6.07) is 5.45. The molecule has 2 heterocycles. The van der Waals surface area contributed by atoms with Crippen molar-refractivity contribution >= 4 is 0 Å². The summed E-state index contributed by atoms with van der Waals surface area (Å²) in [4.78, 5) is 2.74. The van der Waals surface area contributed by atoms with Crippen LogP contribution in [0.2, 0.25) is 0 Å². The van der Waals surface area contributed by atoms with Crippen molar-refractivity contribution in [1.82, 2.24) is 4.90 Å². The highest BCUT2D eigenvalue weighted by atomic mass is 16.5. The van der Waals surface area contributed by atoms with Gasteiger partial charge < -0.3 is 4.74 Å². The highest BCUT2D eigenvalue weighted by molar-refractivity contribution is 5.41. The smallest absolute Gasteiger partial charge is 0.0633 e. The van der Waals surface area contributed by atoms with E-state index in [2.05, 4.69) is 51.7 Å². The van der Waals surface area contributed by atoms with Crippen LogP contribution in [0.25, 0.3) is 0 Å². The minimum Gasteiger partial charge on any atom is -0.378 e. The summed E-state index contributed by atoms with van der Waals surface area (Å²) in [6.45, 7) is 14.6. The minimum absolute atomic E-state index is 0.427. The molecule has 0 radical (unpaired) electrons. The monoisotopic (exact) mass is 315 g/mol. The Labute approximate surface area is 142 Å². The van der Waals surface area contributed by atoms with E-state index >= 15 is 0 Å². The van der Waals surface area contributed by atoms with E-state index in [0.717, 1.165) is 12.5 Å². The average molecular weight is 316 g/mol. The average Bonchev–Trinajstić information content (AvgIpc) is 2.49. The van der Waals surface area contributed by atoms with Gasteiger partial charge in [-0.25, -0.2) is 0 Å². The third-order valence-electron chi connectivity index (χ3n) is 5.83. The molecule has 2 aliphatic rings. The van der Waals surface area contributed by atoms with Gasteiger partial charge in [0.15, 0.2) is 0 Å². The van der Waals surface area contributed by atoms with Gasteiger partial charge in [0.1, 0.15) is 0 Å². The molecule has 0 aromatic heterocycles. The van der Waals surface area contributed by atoms with Crippen LogP contribution in [0.5, 0.6) is 0 Å². The number of piperidine rings is 1. The first-order valence-electron chi connectivity index (χ1n) is 9.45. The van der Waals surface area contributed by atoms with Crippen LogP contribution in [-0.4, -0.2) is 30.7 Å². The molecular formula is C21H33NO. The minimum atomic E-state index is 0.427. The van der Waals surface area contributed by atoms with Crippen molar-refractivity contribution in [3.8, 4) is 0 Å². The zero-order valence-corrected chi connectivity index (χ0v) is 15.6. The Morgan fingerprint density at radius 3 is 2.65 bits per heavy atom. The molecule has 0 amide bonds. The van der Waals surface area contributed by atoms with Gasteiger partial charge in [0.05, 0.1) is 6.10 Å². The van der Waals surface area contributed by atoms with Crippen LogP contribution >= 0.6 is 0 Å². The van der Waals surface area contributed by atoms with E-state index in [1.165, 1.54) is 43.5 Å². The van der Waals surface area contributed by atoms with Crippen LogP contribution in [0.1, 0.15) is 61.9 Å². The molecule has 2 aliphatic heterocycles. The van der Waals surface area contributed by atoms with E-state index in [0.29, 0.717) is 18.1 Å². The number of hydrogen-bond acceptors (Lipinski definition) is 2. The molecule has 1 saturated heterocycles. The van der Waals surface area contributed by atoms with Gasteiger partial charge in [0, 0.05) is 25.7 Å². The number of ether oxygens (including phenoxy) is 1. The largest absolute Gasteiger partial charge is 0.378 e. The summed E-state index contributed by atoms with van der Waals surface area (Å²) in [5.74, 6) is 1.45. The van der Waals surface area contributed by atoms with Gasteiger partial charge in [0.2, 0.25) is 0 Å². The molecule has 128 valence electrons. The molecule has 3 rings (SSSR count). The molecule has 0 unspecified atom stereocenters. The van der Waals surface area contributed by atoms with Crippen LogP contribution in [0.3, 0.4) is 0 Å². The summed E-state index contributed by atoms with van der Waals surface area (Å²) in [6.07, 6.45) is 4.09. The van der Waals surface area contributed by atoms with Crippen LogP contribution in [0.4, 0.5) is 0 Å². The number of benzene rings is 1. The third kappa shape index (κ3) is 3.49. The van der Waals surface area contributed by atoms with Gasteiger partial charge in [0.25, 0.3) is 0 Å². The molecule has 2 nitrogen and oxygen atoms in total. The van der Waals surface area contributed by atoms with Crippen molar-refractivity contribution < 1.29 is 4.74 Å². The Morgan fingerprint density at radius 2 is 1.96 bits per heavy atom. The van der Waals surface area contributed by atoms with Crippen molar-refractivity contribution in [2.45, 2.75) is 66.0 Å². The summed E-state index contributed by atoms with van der Waals surface area (Å²) in [5, 5.41) is 0. The van der Waals surface area contributed by atoms with Crippen molar-refractivity contribution in [3.05, 3.63) is 34.4 Å². The van der Waals surface area contributed by atoms with Gasteiger partial charge in [-0.2, -0.15) is 0 Å². The SMILES string of the molecule is CCO[C@@H]1C[C@@H]2c3cc(C)c(C)cc3CCN2C[C@H]1CC(C)C. The lowest BCUT2D eigenvalue weighted by atomic mass is 9.78. The molecule has 23 heavy (non-hydrogen) atoms. The lowest BCUT2D eigenvalue weighted by molar-refractivity contribution is -0.0598. The van der Waals surface area contributed by atoms with Crippen molar-refractivity contribution in [2.24, 2.45) is 11.8 Å². The summed E-state index contributed by atoms with van der Waals surface area (Å²) >= 11 is 0. The van der Waals surface area contributed by atoms with Gasteiger partial charge >= 0.3 is 0 Å². The molecular weight excluding hydrogens is 282 g/mol. The van der Waals surface area contributed by atoms with Crippen LogP contribution in [0, 0.1) is 25.7 Å². The van der Waals surface area contributed by atoms with Crippen molar-refractivity contribution in [2.75, 3.05) is 19.7 Å². The van der Waals surface area contributed by atoms with E-state index in [1.807, 2.05) is 0 Å². The Morgan fingerprint density at radius 1 is 1.22 bits per heavy atom. The van der Waals surface area contributed by atoms with Gasteiger partial charge in [-0.3, -0.25) is 4.90 Å². The summed E-state index contributed by atoms with van der Waals surface area (Å²) in [7, 11) is 0. The van der Waals surface area contributed by atoms with Gasteiger partial charge in [-0.1, -0.05) is 26.0 Å². The molecule has 0 bridgehead atoms. The number of nitrogens with zero attached hydrogens (tertiary/aromatic N) is 1. The van der Waals surface area contributed by atoms with Crippen LogP contribution < -0.4 is 0 Å². The predicted molar refractivity (Wildman–Crippen MR) is 96.9 cm³/mol. The Balaban J connectivity index is 1.86. The first kappa shape index (κ1) is 17.0. The topological polar surface area (TPSA) is 12.5 Å². The second-order valence-corrected chi connectivity index (χ2v) is 8.02. The first-order valence-corrected chi connectivity index (χ1v) is 9.45. The normalized spacial score (nSPS) is 27.8. The van der Waals surface area contributed by atoms with Gasteiger partial charge in [-0.15, -0.1) is 0 Å². The molecule has 1 aromatic rings. The second-order valence-electron chi connectivity index (χ2n) is 8.02. The lowest BCUT2D eigenvalue weighted by Crippen LogP contribution is -2.49. The van der Waals surface area contributed by atoms with E-state index in [4.69, 9.17) is 4.74 Å². The third-order valence-corrected chi connectivity index (χ3v) is 5.83. The van der Waals surface area contributed by atoms with E-state index in [1.54, 1.807) is 11.1 Å². The maximum absolute atomic E-state index is 6.19. The van der Waals surface area contributed by atoms with Crippen LogP contribution in [-0.2, 0) is 11.2 Å². The molecule has 0 aliphatic carbocycles. The number of hydrogen-bond donors (Lipinski definition) is 0. The molecule has 0 N–H and O–H groups in total. The van der Waals surface area contributed by atoms with E-state index in [-0.39, 0.29) is 0 Å². The zero-order valence-electron chi connectivity index (χ0n) is 15.6. The molecule has 1 aromatic carbocycles. The standard InChI is InChI=1S/C21H33NO/c1-6-23-21-12-20-19-11-16(5)15(4)10-17(19)7-8-22(20)13-18(21)9-14(2)3/h10-11,14,18,20-21H,6-9,12-13H2,1-5H3/t18-,20-,21-/m1/s1. The van der Waals surface area contributed by atoms with E-state index < -0.39 is 0 Å². The van der Waals surface area contributed by atoms with Crippen molar-refractivity contribution in [3.63, 3.8) is 0 Å². The number of rotatable bonds is 4. The van der Waals surface area contributed by atoms with E-state index in [9.17, 15) is 0 Å². The predicted octanol–water partition coefficient (Wildman–Crippen LogP) is 4.67. The maximum atomic E-state index is 6.19. The highest BCUT2D eigenvalue weighted by Crippen LogP contribution is 2.41. The Bertz CT molecular complexity index is 551. The summed E-state index contributed by atoms with van der Waals surface area (Å²) in [5.41, 5.74) is 6.02. The van der Waals surface area contributed by atoms with Crippen molar-refractivity contribution in [1.29, 1.82) is 0 Å². The molecule has 0 saturated carbocycles. The fraction of sp³-hybridized carbons (Fsp3) is 0.714. The Kier molecular flexibility index (Phi) is 5.13.